The molecule has 0 unspecified atom stereocenters. The Bertz CT molecular complexity index is 326. The van der Waals surface area contributed by atoms with Gasteiger partial charge in [-0.1, -0.05) is 0 Å². The van der Waals surface area contributed by atoms with Gasteiger partial charge in [0.25, 0.3) is 0 Å². The fourth-order valence-electron chi connectivity index (χ4n) is 1.35. The van der Waals surface area contributed by atoms with Gasteiger partial charge in [0.1, 0.15) is 5.82 Å². The zero-order valence-corrected chi connectivity index (χ0v) is 9.42. The zero-order valence-electron chi connectivity index (χ0n) is 7.83. The predicted molar refractivity (Wildman–Crippen MR) is 59.2 cm³/mol. The van der Waals surface area contributed by atoms with Crippen molar-refractivity contribution in [1.82, 2.24) is 4.98 Å². The molecule has 3 nitrogen and oxygen atoms in total. The molecule has 0 spiro atoms. The number of rotatable bonds is 4. The van der Waals surface area contributed by atoms with Crippen molar-refractivity contribution >= 4 is 21.7 Å². The molecule has 0 saturated heterocycles. The summed E-state index contributed by atoms with van der Waals surface area (Å²) < 4.78 is 0.966. The minimum atomic E-state index is 0.122. The average molecular weight is 257 g/mol. The minimum Gasteiger partial charge on any atom is -0.396 e. The molecule has 0 aliphatic heterocycles. The van der Waals surface area contributed by atoms with Crippen LogP contribution in [0.2, 0.25) is 0 Å². The molecule has 0 bridgehead atoms. The number of aliphatic hydroxyl groups is 1. The molecule has 1 heterocycles. The maximum atomic E-state index is 9.13. The average Bonchev–Trinajstić information content (AvgIpc) is 2.98. The molecule has 1 aliphatic carbocycles. The first kappa shape index (κ1) is 9.93. The number of halogens is 1. The number of aromatic nitrogens is 1. The summed E-state index contributed by atoms with van der Waals surface area (Å²) in [6.07, 6.45) is 3.98. The summed E-state index contributed by atoms with van der Waals surface area (Å²) in [6, 6.07) is 3.84. The largest absolute Gasteiger partial charge is 0.396 e. The van der Waals surface area contributed by atoms with Crippen LogP contribution in [0.3, 0.4) is 0 Å². The number of anilines is 1. The number of pyridine rings is 1. The van der Waals surface area contributed by atoms with Crippen LogP contribution in [0.1, 0.15) is 12.8 Å². The van der Waals surface area contributed by atoms with E-state index >= 15 is 0 Å². The van der Waals surface area contributed by atoms with Gasteiger partial charge in [-0.05, 0) is 40.9 Å². The molecule has 0 atom stereocenters. The van der Waals surface area contributed by atoms with E-state index in [1.54, 1.807) is 6.20 Å². The van der Waals surface area contributed by atoms with Crippen molar-refractivity contribution in [3.8, 4) is 0 Å². The van der Waals surface area contributed by atoms with Crippen LogP contribution in [0.5, 0.6) is 0 Å². The van der Waals surface area contributed by atoms with Gasteiger partial charge in [0, 0.05) is 18.2 Å². The highest BCUT2D eigenvalue weighted by Crippen LogP contribution is 2.45. The second kappa shape index (κ2) is 3.87. The van der Waals surface area contributed by atoms with Gasteiger partial charge >= 0.3 is 0 Å². The summed E-state index contributed by atoms with van der Waals surface area (Å²) in [5.74, 6) is 0.854. The Kier molecular flexibility index (Phi) is 2.74. The van der Waals surface area contributed by atoms with E-state index in [0.29, 0.717) is 0 Å². The van der Waals surface area contributed by atoms with E-state index in [9.17, 15) is 0 Å². The maximum absolute atomic E-state index is 9.13. The van der Waals surface area contributed by atoms with Crippen LogP contribution in [0.4, 0.5) is 5.82 Å². The smallest absolute Gasteiger partial charge is 0.140 e. The molecule has 76 valence electrons. The Hall–Kier alpha value is -0.610. The molecule has 1 aliphatic rings. The van der Waals surface area contributed by atoms with Crippen LogP contribution in [0, 0.1) is 5.41 Å². The lowest BCUT2D eigenvalue weighted by Crippen LogP contribution is -2.19. The van der Waals surface area contributed by atoms with E-state index in [2.05, 4.69) is 26.2 Å². The highest BCUT2D eigenvalue weighted by atomic mass is 79.9. The van der Waals surface area contributed by atoms with Gasteiger partial charge in [0.15, 0.2) is 0 Å². The number of nitrogens with one attached hydrogen (secondary N) is 1. The lowest BCUT2D eigenvalue weighted by atomic mass is 10.1. The van der Waals surface area contributed by atoms with Gasteiger partial charge in [0.05, 0.1) is 11.1 Å². The van der Waals surface area contributed by atoms with E-state index in [1.165, 1.54) is 0 Å². The molecular weight excluding hydrogens is 244 g/mol. The Labute approximate surface area is 91.7 Å². The Morgan fingerprint density at radius 1 is 1.57 bits per heavy atom. The Morgan fingerprint density at radius 3 is 2.93 bits per heavy atom. The third-order valence-electron chi connectivity index (χ3n) is 2.68. The molecular formula is C10H13BrN2O. The fourth-order valence-corrected chi connectivity index (χ4v) is 1.75. The van der Waals surface area contributed by atoms with Crippen LogP contribution in [-0.2, 0) is 0 Å². The molecule has 2 rings (SSSR count). The van der Waals surface area contributed by atoms with Crippen molar-refractivity contribution in [2.75, 3.05) is 18.5 Å². The number of aliphatic hydroxyl groups excluding tert-OH is 1. The number of hydrogen-bond donors (Lipinski definition) is 2. The SMILES string of the molecule is OCC1(CNc2ncccc2Br)CC1. The van der Waals surface area contributed by atoms with Gasteiger partial charge in [0.2, 0.25) is 0 Å². The Morgan fingerprint density at radius 2 is 2.36 bits per heavy atom. The standard InChI is InChI=1S/C10H13BrN2O/c11-8-2-1-5-12-9(8)13-6-10(7-14)3-4-10/h1-2,5,14H,3-4,6-7H2,(H,12,13). The molecule has 0 radical (unpaired) electrons. The van der Waals surface area contributed by atoms with Crippen molar-refractivity contribution in [1.29, 1.82) is 0 Å². The van der Waals surface area contributed by atoms with E-state index in [0.717, 1.165) is 29.7 Å². The molecule has 1 aromatic heterocycles. The van der Waals surface area contributed by atoms with Gasteiger partial charge in [-0.15, -0.1) is 0 Å². The van der Waals surface area contributed by atoms with Crippen molar-refractivity contribution in [2.45, 2.75) is 12.8 Å². The van der Waals surface area contributed by atoms with Gasteiger partial charge in [-0.25, -0.2) is 4.98 Å². The monoisotopic (exact) mass is 256 g/mol. The normalized spacial score (nSPS) is 17.9. The first-order chi connectivity index (χ1) is 6.76. The van der Waals surface area contributed by atoms with E-state index in [1.807, 2.05) is 12.1 Å². The van der Waals surface area contributed by atoms with E-state index in [-0.39, 0.29) is 12.0 Å². The van der Waals surface area contributed by atoms with E-state index < -0.39 is 0 Å². The highest BCUT2D eigenvalue weighted by Gasteiger charge is 2.41. The van der Waals surface area contributed by atoms with Crippen molar-refractivity contribution in [3.05, 3.63) is 22.8 Å². The summed E-state index contributed by atoms with van der Waals surface area (Å²) in [5.41, 5.74) is 0.122. The maximum Gasteiger partial charge on any atom is 0.140 e. The van der Waals surface area contributed by atoms with Gasteiger partial charge in [-0.2, -0.15) is 0 Å². The van der Waals surface area contributed by atoms with Crippen LogP contribution >= 0.6 is 15.9 Å². The van der Waals surface area contributed by atoms with Crippen LogP contribution in [0.25, 0.3) is 0 Å². The zero-order chi connectivity index (χ0) is 10.0. The van der Waals surface area contributed by atoms with Crippen LogP contribution in [-0.4, -0.2) is 23.2 Å². The third-order valence-corrected chi connectivity index (χ3v) is 3.32. The predicted octanol–water partition coefficient (Wildman–Crippen LogP) is 2.03. The lowest BCUT2D eigenvalue weighted by Gasteiger charge is -2.13. The van der Waals surface area contributed by atoms with Crippen LogP contribution in [0.15, 0.2) is 22.8 Å². The topological polar surface area (TPSA) is 45.1 Å². The fraction of sp³-hybridized carbons (Fsp3) is 0.500. The molecule has 0 amide bonds. The molecule has 14 heavy (non-hydrogen) atoms. The van der Waals surface area contributed by atoms with Crippen molar-refractivity contribution in [3.63, 3.8) is 0 Å². The van der Waals surface area contributed by atoms with E-state index in [4.69, 9.17) is 5.11 Å². The number of nitrogens with zero attached hydrogens (tertiary/aromatic N) is 1. The lowest BCUT2D eigenvalue weighted by molar-refractivity contribution is 0.219. The molecule has 1 aromatic rings. The van der Waals surface area contributed by atoms with Gasteiger partial charge in [-0.3, -0.25) is 0 Å². The molecule has 1 fully saturated rings. The molecule has 1 saturated carbocycles. The highest BCUT2D eigenvalue weighted by molar-refractivity contribution is 9.10. The summed E-state index contributed by atoms with van der Waals surface area (Å²) in [5, 5.41) is 12.4. The summed E-state index contributed by atoms with van der Waals surface area (Å²) >= 11 is 3.42. The molecule has 4 heteroatoms. The first-order valence-corrected chi connectivity index (χ1v) is 5.50. The summed E-state index contributed by atoms with van der Waals surface area (Å²) in [6.45, 7) is 1.07. The first-order valence-electron chi connectivity index (χ1n) is 4.71. The minimum absolute atomic E-state index is 0.122. The second-order valence-electron chi connectivity index (χ2n) is 3.85. The van der Waals surface area contributed by atoms with Crippen LogP contribution < -0.4 is 5.32 Å². The summed E-state index contributed by atoms with van der Waals surface area (Å²) in [7, 11) is 0. The molecule has 2 N–H and O–H groups in total. The molecule has 0 aromatic carbocycles. The van der Waals surface area contributed by atoms with Gasteiger partial charge < -0.3 is 10.4 Å². The van der Waals surface area contributed by atoms with Crippen molar-refractivity contribution in [2.24, 2.45) is 5.41 Å². The second-order valence-corrected chi connectivity index (χ2v) is 4.70. The summed E-state index contributed by atoms with van der Waals surface area (Å²) in [4.78, 5) is 4.20. The quantitative estimate of drug-likeness (QED) is 0.867. The Balaban J connectivity index is 1.95. The number of hydrogen-bond acceptors (Lipinski definition) is 3. The van der Waals surface area contributed by atoms with Crippen molar-refractivity contribution < 1.29 is 5.11 Å². The third kappa shape index (κ3) is 2.07.